The van der Waals surface area contributed by atoms with E-state index in [9.17, 15) is 24.3 Å². The minimum absolute atomic E-state index is 0.0444. The highest BCUT2D eigenvalue weighted by Crippen LogP contribution is 2.52. The molecule has 2 bridgehead atoms. The molecule has 2 heterocycles. The Morgan fingerprint density at radius 1 is 0.904 bits per heavy atom. The van der Waals surface area contributed by atoms with Crippen LogP contribution in [0.4, 0.5) is 0 Å². The van der Waals surface area contributed by atoms with Gasteiger partial charge in [-0.05, 0) is 101 Å². The van der Waals surface area contributed by atoms with Crippen molar-refractivity contribution in [1.29, 1.82) is 0 Å². The maximum absolute atomic E-state index is 14.1. The van der Waals surface area contributed by atoms with Crippen LogP contribution in [0.3, 0.4) is 0 Å². The van der Waals surface area contributed by atoms with E-state index in [1.807, 2.05) is 88.3 Å². The highest BCUT2D eigenvalue weighted by Gasteiger charge is 2.63. The number of cyclic esters (lactones) is 1. The molecule has 0 amide bonds. The van der Waals surface area contributed by atoms with Crippen molar-refractivity contribution in [3.05, 3.63) is 148 Å². The van der Waals surface area contributed by atoms with Gasteiger partial charge in [0.2, 0.25) is 5.79 Å². The maximum atomic E-state index is 14.1. The fraction of sp³-hybridized carbons (Fsp3) is 0.474. The van der Waals surface area contributed by atoms with Crippen LogP contribution in [-0.4, -0.2) is 116 Å². The topological polar surface area (TPSA) is 187 Å². The number of nitrogens with zero attached hydrogens (tertiary/aromatic N) is 1. The number of fused-ring (bicyclic) bond motifs is 2. The number of benzene rings is 4. The highest BCUT2D eigenvalue weighted by molar-refractivity contribution is 6.17. The predicted octanol–water partition coefficient (Wildman–Crippen LogP) is 7.75. The lowest BCUT2D eigenvalue weighted by Gasteiger charge is -2.49. The molecule has 3 aliphatic carbocycles. The number of nitrogens with one attached hydrogen (secondary N) is 1. The van der Waals surface area contributed by atoms with E-state index in [1.54, 1.807) is 82.5 Å². The van der Waals surface area contributed by atoms with Gasteiger partial charge in [-0.1, -0.05) is 74.5 Å². The molecule has 2 aliphatic heterocycles. The molecule has 0 spiro atoms. The van der Waals surface area contributed by atoms with Crippen molar-refractivity contribution < 1.29 is 66.9 Å². The number of carbonyl (C=O) groups is 4. The summed E-state index contributed by atoms with van der Waals surface area (Å²) in [7, 11) is 5.38. The van der Waals surface area contributed by atoms with Crippen LogP contribution in [0.2, 0.25) is 0 Å². The number of esters is 3. The molecule has 73 heavy (non-hydrogen) atoms. The summed E-state index contributed by atoms with van der Waals surface area (Å²) in [6.45, 7) is 10.7. The molecule has 5 aliphatic rings. The standard InChI is InChI=1S/C57H68N2O14/c1-34(30-60)28-56(6,65-9)50(35(2)48-36(3)51(62)73-55(4,5)72-48)71-54-49(70-53(64)39-18-14-11-15-19-39)45(59(7)8)27-46(69-54)44-29-57(44,58-33-67-52(63)38-16-12-10-13-17-38)68-31-37-20-24-42(25-21-37)66-32-41-23-22-40-26-43(41)47(40)61/h10-26,34-35,44-46,49-50,54,58,60H,27-33H2,1-9H3/t34-,35+,44?,45+,46+,49-,50-,54+,56-,57?/m1/s1. The molecule has 2 fully saturated rings. The molecule has 0 aromatic heterocycles. The van der Waals surface area contributed by atoms with E-state index in [4.69, 9.17) is 42.6 Å². The first kappa shape index (κ1) is 53.3. The first-order valence-corrected chi connectivity index (χ1v) is 24.9. The molecule has 4 aromatic carbocycles. The molecule has 1 saturated carbocycles. The summed E-state index contributed by atoms with van der Waals surface area (Å²) in [4.78, 5) is 54.8. The number of aliphatic hydroxyl groups excluding tert-OH is 1. The molecule has 4 aromatic rings. The fourth-order valence-electron chi connectivity index (χ4n) is 10.2. The molecular formula is C57H68N2O14. The predicted molar refractivity (Wildman–Crippen MR) is 267 cm³/mol. The van der Waals surface area contributed by atoms with Gasteiger partial charge in [-0.2, -0.15) is 0 Å². The van der Waals surface area contributed by atoms with Gasteiger partial charge in [-0.25, -0.2) is 14.4 Å². The number of rotatable bonds is 23. The lowest BCUT2D eigenvalue weighted by atomic mass is 9.80. The smallest absolute Gasteiger partial charge is 0.340 e. The normalized spacial score (nSPS) is 25.1. The van der Waals surface area contributed by atoms with Crippen LogP contribution in [0.1, 0.15) is 109 Å². The van der Waals surface area contributed by atoms with E-state index >= 15 is 0 Å². The molecule has 390 valence electrons. The summed E-state index contributed by atoms with van der Waals surface area (Å²) < 4.78 is 57.8. The molecular weight excluding hydrogens is 937 g/mol. The summed E-state index contributed by atoms with van der Waals surface area (Å²) in [6, 6.07) is 30.0. The van der Waals surface area contributed by atoms with Crippen molar-refractivity contribution >= 4 is 23.7 Å². The van der Waals surface area contributed by atoms with Crippen molar-refractivity contribution in [2.75, 3.05) is 34.5 Å². The second-order valence-corrected chi connectivity index (χ2v) is 20.5. The number of likely N-dealkylation sites (N-methyl/N-ethyl adjacent to an activating group) is 1. The summed E-state index contributed by atoms with van der Waals surface area (Å²) in [5, 5.41) is 13.8. The Morgan fingerprint density at radius 2 is 1.58 bits per heavy atom. The number of hydrogen-bond acceptors (Lipinski definition) is 16. The van der Waals surface area contributed by atoms with Gasteiger partial charge < -0.3 is 52.6 Å². The minimum Gasteiger partial charge on any atom is -0.489 e. The van der Waals surface area contributed by atoms with Crippen LogP contribution in [0, 0.1) is 17.8 Å². The Bertz CT molecular complexity index is 2640. The molecule has 16 heteroatoms. The first-order chi connectivity index (χ1) is 34.8. The molecule has 0 radical (unpaired) electrons. The number of methoxy groups -OCH3 is 1. The molecule has 2 N–H and O–H groups in total. The summed E-state index contributed by atoms with van der Waals surface area (Å²) in [5.41, 5.74) is 1.89. The SMILES string of the molecule is CO[C@](C)(C[C@@H](C)CO)[C@H](O[C@@H]1O[C@H](C2CC2(NCOC(=O)c2ccccc2)OCc2ccc(OCc3ccc4cc3C4=O)cc2)C[C@H](N(C)C)[C@H]1OC(=O)c1ccccc1)[C@@H](C)C1=C(C)C(=O)OC(C)(C)O1. The molecule has 1 saturated heterocycles. The van der Waals surface area contributed by atoms with Crippen molar-refractivity contribution in [2.45, 2.75) is 122 Å². The van der Waals surface area contributed by atoms with E-state index in [1.165, 1.54) is 0 Å². The van der Waals surface area contributed by atoms with Crippen molar-refractivity contribution in [3.8, 4) is 5.75 Å². The zero-order valence-electron chi connectivity index (χ0n) is 43.1. The molecule has 9 rings (SSSR count). The van der Waals surface area contributed by atoms with Crippen LogP contribution in [0.5, 0.6) is 5.75 Å². The first-order valence-electron chi connectivity index (χ1n) is 24.9. The second kappa shape index (κ2) is 22.2. The minimum atomic E-state index is -1.29. The average molecular weight is 1010 g/mol. The van der Waals surface area contributed by atoms with Crippen LogP contribution in [-0.2, 0) is 55.9 Å². The van der Waals surface area contributed by atoms with Gasteiger partial charge in [-0.15, -0.1) is 0 Å². The third-order valence-electron chi connectivity index (χ3n) is 14.4. The highest BCUT2D eigenvalue weighted by atomic mass is 16.7. The number of ketones is 1. The van der Waals surface area contributed by atoms with Gasteiger partial charge in [0, 0.05) is 56.1 Å². The lowest BCUT2D eigenvalue weighted by molar-refractivity contribution is -0.304. The van der Waals surface area contributed by atoms with E-state index < -0.39 is 71.6 Å². The maximum Gasteiger partial charge on any atom is 0.340 e. The van der Waals surface area contributed by atoms with E-state index in [-0.39, 0.29) is 49.7 Å². The Hall–Kier alpha value is -5.98. The van der Waals surface area contributed by atoms with Gasteiger partial charge in [0.1, 0.15) is 30.6 Å². The third kappa shape index (κ3) is 12.0. The zero-order chi connectivity index (χ0) is 52.2. The molecule has 2 unspecified atom stereocenters. The number of ether oxygens (including phenoxy) is 9. The van der Waals surface area contributed by atoms with E-state index in [0.29, 0.717) is 53.0 Å². The van der Waals surface area contributed by atoms with Crippen LogP contribution >= 0.6 is 0 Å². The average Bonchev–Trinajstić information content (AvgIpc) is 4.11. The fourth-order valence-corrected chi connectivity index (χ4v) is 10.2. The van der Waals surface area contributed by atoms with E-state index in [2.05, 4.69) is 5.32 Å². The van der Waals surface area contributed by atoms with Gasteiger partial charge in [0.15, 0.2) is 18.2 Å². The van der Waals surface area contributed by atoms with Gasteiger partial charge in [0.25, 0.3) is 0 Å². The van der Waals surface area contributed by atoms with Crippen LogP contribution in [0.15, 0.2) is 114 Å². The van der Waals surface area contributed by atoms with Gasteiger partial charge >= 0.3 is 17.9 Å². The third-order valence-corrected chi connectivity index (χ3v) is 14.4. The van der Waals surface area contributed by atoms with Crippen LogP contribution < -0.4 is 10.1 Å². The Kier molecular flexibility index (Phi) is 16.2. The number of aliphatic hydroxyl groups is 1. The zero-order valence-corrected chi connectivity index (χ0v) is 43.1. The number of carbonyl (C=O) groups excluding carboxylic acids is 4. The van der Waals surface area contributed by atoms with Gasteiger partial charge in [0.05, 0.1) is 47.2 Å². The quantitative estimate of drug-likeness (QED) is 0.0367. The summed E-state index contributed by atoms with van der Waals surface area (Å²) in [6.07, 6.45) is -2.62. The van der Waals surface area contributed by atoms with E-state index in [0.717, 1.165) is 11.1 Å². The summed E-state index contributed by atoms with van der Waals surface area (Å²) >= 11 is 0. The van der Waals surface area contributed by atoms with Crippen molar-refractivity contribution in [3.63, 3.8) is 0 Å². The Labute approximate surface area is 427 Å². The second-order valence-electron chi connectivity index (χ2n) is 20.5. The number of hydrogen-bond donors (Lipinski definition) is 2. The van der Waals surface area contributed by atoms with Crippen molar-refractivity contribution in [1.82, 2.24) is 10.2 Å². The Morgan fingerprint density at radius 3 is 2.19 bits per heavy atom. The lowest BCUT2D eigenvalue weighted by Crippen LogP contribution is -2.60. The molecule has 10 atom stereocenters. The monoisotopic (exact) mass is 1000 g/mol. The van der Waals surface area contributed by atoms with Crippen LogP contribution in [0.25, 0.3) is 0 Å². The molecule has 16 nitrogen and oxygen atoms in total. The summed E-state index contributed by atoms with van der Waals surface area (Å²) in [5.74, 6) is -3.15. The van der Waals surface area contributed by atoms with Crippen molar-refractivity contribution in [2.24, 2.45) is 17.8 Å². The van der Waals surface area contributed by atoms with Gasteiger partial charge in [-0.3, -0.25) is 10.1 Å². The largest absolute Gasteiger partial charge is 0.489 e. The Balaban J connectivity index is 1.10.